The van der Waals surface area contributed by atoms with Crippen molar-refractivity contribution in [2.45, 2.75) is 81.8 Å². The molecule has 0 aromatic carbocycles. The standard InChI is InChI=1S/C18H28N2O5/c21-17(11-5-4-6-11)20-13-9-23-16-14(10-24-15(13)16)25-18(22)19-12-7-2-1-3-8-12/h11-16H,1-10H2,(H,19,22)(H,20,21). The summed E-state index contributed by atoms with van der Waals surface area (Å²) < 4.78 is 17.1. The molecule has 2 saturated carbocycles. The number of hydrogen-bond acceptors (Lipinski definition) is 5. The third-order valence-corrected chi connectivity index (χ3v) is 6.00. The Morgan fingerprint density at radius 2 is 1.60 bits per heavy atom. The smallest absolute Gasteiger partial charge is 0.407 e. The Morgan fingerprint density at radius 1 is 0.840 bits per heavy atom. The van der Waals surface area contributed by atoms with Crippen LogP contribution in [0.5, 0.6) is 0 Å². The van der Waals surface area contributed by atoms with E-state index in [0.717, 1.165) is 44.9 Å². The summed E-state index contributed by atoms with van der Waals surface area (Å²) in [7, 11) is 0. The lowest BCUT2D eigenvalue weighted by Gasteiger charge is -2.27. The average molecular weight is 352 g/mol. The summed E-state index contributed by atoms with van der Waals surface area (Å²) in [6, 6.07) is 0.0754. The molecule has 4 rings (SSSR count). The lowest BCUT2D eigenvalue weighted by atomic mass is 9.84. The van der Waals surface area contributed by atoms with E-state index in [4.69, 9.17) is 14.2 Å². The van der Waals surface area contributed by atoms with Crippen LogP contribution in [0.3, 0.4) is 0 Å². The molecule has 2 amide bonds. The molecule has 0 aromatic rings. The zero-order valence-corrected chi connectivity index (χ0v) is 14.6. The molecule has 4 atom stereocenters. The molecule has 7 heteroatoms. The maximum absolute atomic E-state index is 12.1. The highest BCUT2D eigenvalue weighted by Crippen LogP contribution is 2.31. The van der Waals surface area contributed by atoms with Crippen molar-refractivity contribution in [2.24, 2.45) is 5.92 Å². The van der Waals surface area contributed by atoms with Crippen LogP contribution in [0.1, 0.15) is 51.4 Å². The lowest BCUT2D eigenvalue weighted by Crippen LogP contribution is -2.47. The van der Waals surface area contributed by atoms with Crippen LogP contribution in [0.4, 0.5) is 4.79 Å². The van der Waals surface area contributed by atoms with Gasteiger partial charge in [-0.2, -0.15) is 0 Å². The van der Waals surface area contributed by atoms with E-state index < -0.39 is 6.10 Å². The molecule has 2 aliphatic carbocycles. The van der Waals surface area contributed by atoms with Gasteiger partial charge in [0.05, 0.1) is 19.3 Å². The Morgan fingerprint density at radius 3 is 2.32 bits per heavy atom. The summed E-state index contributed by atoms with van der Waals surface area (Å²) in [6.07, 6.45) is 7.39. The van der Waals surface area contributed by atoms with E-state index in [1.165, 1.54) is 6.42 Å². The van der Waals surface area contributed by atoms with Gasteiger partial charge in [-0.1, -0.05) is 25.7 Å². The number of fused-ring (bicyclic) bond motifs is 1. The summed E-state index contributed by atoms with van der Waals surface area (Å²) in [5.41, 5.74) is 0. The zero-order chi connectivity index (χ0) is 17.2. The molecular formula is C18H28N2O5. The highest BCUT2D eigenvalue weighted by Gasteiger charge is 2.50. The monoisotopic (exact) mass is 352 g/mol. The van der Waals surface area contributed by atoms with Crippen molar-refractivity contribution in [1.29, 1.82) is 0 Å². The number of carbonyl (C=O) groups excluding carboxylic acids is 2. The first-order valence-corrected chi connectivity index (χ1v) is 9.71. The second kappa shape index (κ2) is 7.50. The van der Waals surface area contributed by atoms with E-state index in [9.17, 15) is 9.59 Å². The second-order valence-electron chi connectivity index (χ2n) is 7.76. The maximum Gasteiger partial charge on any atom is 0.407 e. The third-order valence-electron chi connectivity index (χ3n) is 6.00. The van der Waals surface area contributed by atoms with Gasteiger partial charge in [0, 0.05) is 12.0 Å². The minimum atomic E-state index is -0.404. The Hall–Kier alpha value is -1.34. The van der Waals surface area contributed by atoms with Crippen molar-refractivity contribution < 1.29 is 23.8 Å². The predicted octanol–water partition coefficient (Wildman–Crippen LogP) is 1.50. The highest BCUT2D eigenvalue weighted by atomic mass is 16.6. The summed E-state index contributed by atoms with van der Waals surface area (Å²) in [6.45, 7) is 0.737. The van der Waals surface area contributed by atoms with Crippen LogP contribution in [-0.2, 0) is 19.0 Å². The van der Waals surface area contributed by atoms with Crippen LogP contribution in [-0.4, -0.2) is 55.6 Å². The topological polar surface area (TPSA) is 85.9 Å². The molecule has 0 aromatic heterocycles. The van der Waals surface area contributed by atoms with E-state index in [2.05, 4.69) is 10.6 Å². The molecule has 2 N–H and O–H groups in total. The molecular weight excluding hydrogens is 324 g/mol. The van der Waals surface area contributed by atoms with Gasteiger partial charge in [0.2, 0.25) is 5.91 Å². The number of carbonyl (C=O) groups is 2. The van der Waals surface area contributed by atoms with Gasteiger partial charge in [-0.15, -0.1) is 0 Å². The van der Waals surface area contributed by atoms with Crippen molar-refractivity contribution in [3.8, 4) is 0 Å². The number of nitrogens with one attached hydrogen (secondary N) is 2. The van der Waals surface area contributed by atoms with Gasteiger partial charge >= 0.3 is 6.09 Å². The normalized spacial score (nSPS) is 35.7. The molecule has 2 saturated heterocycles. The van der Waals surface area contributed by atoms with Gasteiger partial charge in [0.25, 0.3) is 0 Å². The van der Waals surface area contributed by atoms with Crippen LogP contribution >= 0.6 is 0 Å². The molecule has 7 nitrogen and oxygen atoms in total. The fourth-order valence-corrected chi connectivity index (χ4v) is 4.25. The molecule has 0 radical (unpaired) electrons. The van der Waals surface area contributed by atoms with Gasteiger partial charge in [0.15, 0.2) is 6.10 Å². The minimum Gasteiger partial charge on any atom is -0.441 e. The van der Waals surface area contributed by atoms with Crippen LogP contribution in [0.2, 0.25) is 0 Å². The van der Waals surface area contributed by atoms with Crippen molar-refractivity contribution >= 4 is 12.0 Å². The number of hydrogen-bond donors (Lipinski definition) is 2. The SMILES string of the molecule is O=C(NC1CCCCC1)OC1COC2C(NC(=O)C3CCC3)COC12. The summed E-state index contributed by atoms with van der Waals surface area (Å²) >= 11 is 0. The van der Waals surface area contributed by atoms with Crippen molar-refractivity contribution in [3.63, 3.8) is 0 Å². The second-order valence-corrected chi connectivity index (χ2v) is 7.76. The van der Waals surface area contributed by atoms with Crippen molar-refractivity contribution in [1.82, 2.24) is 10.6 Å². The molecule has 140 valence electrons. The minimum absolute atomic E-state index is 0.100. The molecule has 4 aliphatic rings. The first-order valence-electron chi connectivity index (χ1n) is 9.71. The fraction of sp³-hybridized carbons (Fsp3) is 0.889. The molecule has 0 spiro atoms. The van der Waals surface area contributed by atoms with Gasteiger partial charge in [-0.25, -0.2) is 4.79 Å². The lowest BCUT2D eigenvalue weighted by molar-refractivity contribution is -0.128. The molecule has 4 fully saturated rings. The molecule has 0 bridgehead atoms. The van der Waals surface area contributed by atoms with E-state index >= 15 is 0 Å². The largest absolute Gasteiger partial charge is 0.441 e. The van der Waals surface area contributed by atoms with Crippen molar-refractivity contribution in [3.05, 3.63) is 0 Å². The molecule has 4 unspecified atom stereocenters. The number of ether oxygens (including phenoxy) is 3. The van der Waals surface area contributed by atoms with Crippen LogP contribution < -0.4 is 10.6 Å². The van der Waals surface area contributed by atoms with E-state index in [1.807, 2.05) is 0 Å². The third kappa shape index (κ3) is 3.77. The molecule has 2 aliphatic heterocycles. The van der Waals surface area contributed by atoms with Crippen LogP contribution in [0, 0.1) is 5.92 Å². The fourth-order valence-electron chi connectivity index (χ4n) is 4.25. The summed E-state index contributed by atoms with van der Waals surface area (Å²) in [4.78, 5) is 24.3. The van der Waals surface area contributed by atoms with Gasteiger partial charge in [-0.05, 0) is 25.7 Å². The zero-order valence-electron chi connectivity index (χ0n) is 14.6. The predicted molar refractivity (Wildman–Crippen MR) is 89.0 cm³/mol. The number of amides is 2. The Balaban J connectivity index is 1.25. The Bertz CT molecular complexity index is 504. The van der Waals surface area contributed by atoms with Crippen LogP contribution in [0.25, 0.3) is 0 Å². The Kier molecular flexibility index (Phi) is 5.12. The van der Waals surface area contributed by atoms with Gasteiger partial charge in [-0.3, -0.25) is 4.79 Å². The van der Waals surface area contributed by atoms with Crippen molar-refractivity contribution in [2.75, 3.05) is 13.2 Å². The Labute approximate surface area is 148 Å². The van der Waals surface area contributed by atoms with Crippen LogP contribution in [0.15, 0.2) is 0 Å². The first-order chi connectivity index (χ1) is 12.2. The average Bonchev–Trinajstić information content (AvgIpc) is 3.11. The van der Waals surface area contributed by atoms with E-state index in [0.29, 0.717) is 13.2 Å². The summed E-state index contributed by atoms with van der Waals surface area (Å²) in [5.74, 6) is 0.247. The quantitative estimate of drug-likeness (QED) is 0.801. The van der Waals surface area contributed by atoms with E-state index in [-0.39, 0.29) is 42.2 Å². The first kappa shape index (κ1) is 17.1. The summed E-state index contributed by atoms with van der Waals surface area (Å²) in [5, 5.41) is 6.00. The maximum atomic E-state index is 12.1. The molecule has 25 heavy (non-hydrogen) atoms. The molecule has 2 heterocycles. The number of alkyl carbamates (subject to hydrolysis) is 1. The van der Waals surface area contributed by atoms with Gasteiger partial charge in [0.1, 0.15) is 12.2 Å². The highest BCUT2D eigenvalue weighted by molar-refractivity contribution is 5.79. The van der Waals surface area contributed by atoms with Gasteiger partial charge < -0.3 is 24.8 Å². The van der Waals surface area contributed by atoms with E-state index in [1.54, 1.807) is 0 Å². The number of rotatable bonds is 4.